The van der Waals surface area contributed by atoms with E-state index in [1.165, 1.54) is 6.07 Å². The molecule has 17 heavy (non-hydrogen) atoms. The third-order valence-corrected chi connectivity index (χ3v) is 2.79. The van der Waals surface area contributed by atoms with Crippen LogP contribution in [0.15, 0.2) is 18.2 Å². The van der Waals surface area contributed by atoms with Crippen molar-refractivity contribution in [2.75, 3.05) is 6.54 Å². The molecule has 2 unspecified atom stereocenters. The number of hydrogen-bond acceptors (Lipinski definition) is 3. The van der Waals surface area contributed by atoms with E-state index < -0.39 is 11.7 Å². The van der Waals surface area contributed by atoms with Gasteiger partial charge in [-0.3, -0.25) is 4.79 Å². The first kappa shape index (κ1) is 13.4. The van der Waals surface area contributed by atoms with E-state index in [1.54, 1.807) is 0 Å². The lowest BCUT2D eigenvalue weighted by Crippen LogP contribution is -2.39. The number of nitrogens with two attached hydrogens (primary N) is 1. The minimum absolute atomic E-state index is 0.0578. The summed E-state index contributed by atoms with van der Waals surface area (Å²) in [5.41, 5.74) is 5.54. The van der Waals surface area contributed by atoms with Crippen LogP contribution in [-0.2, 0) is 0 Å². The van der Waals surface area contributed by atoms with Crippen LogP contribution >= 0.6 is 0 Å². The van der Waals surface area contributed by atoms with Gasteiger partial charge in [0, 0.05) is 12.1 Å². The zero-order valence-corrected chi connectivity index (χ0v) is 9.90. The topological polar surface area (TPSA) is 75.3 Å². The molecule has 4 nitrogen and oxygen atoms in total. The van der Waals surface area contributed by atoms with Crippen LogP contribution in [0.1, 0.15) is 24.2 Å². The molecule has 2 atom stereocenters. The maximum atomic E-state index is 12.7. The van der Waals surface area contributed by atoms with E-state index in [4.69, 9.17) is 5.73 Å². The molecule has 4 N–H and O–H groups in total. The molecular formula is C12H17FN2O2. The number of amides is 1. The molecule has 1 rings (SSSR count). The number of rotatable bonds is 4. The number of phenolic OH excluding ortho intramolecular Hbond substituents is 1. The van der Waals surface area contributed by atoms with Gasteiger partial charge in [-0.25, -0.2) is 4.39 Å². The van der Waals surface area contributed by atoms with Gasteiger partial charge in [0.2, 0.25) is 0 Å². The predicted molar refractivity (Wildman–Crippen MR) is 63.2 cm³/mol. The first-order chi connectivity index (χ1) is 7.95. The summed E-state index contributed by atoms with van der Waals surface area (Å²) in [4.78, 5) is 11.8. The Morgan fingerprint density at radius 3 is 2.71 bits per heavy atom. The van der Waals surface area contributed by atoms with Crippen molar-refractivity contribution in [3.63, 3.8) is 0 Å². The average molecular weight is 240 g/mol. The van der Waals surface area contributed by atoms with Crippen molar-refractivity contribution in [3.8, 4) is 5.75 Å². The van der Waals surface area contributed by atoms with Crippen LogP contribution in [0.4, 0.5) is 4.39 Å². The van der Waals surface area contributed by atoms with E-state index in [1.807, 2.05) is 13.8 Å². The van der Waals surface area contributed by atoms with E-state index in [0.717, 1.165) is 12.1 Å². The molecule has 5 heteroatoms. The molecule has 1 aromatic rings. The number of nitrogens with one attached hydrogen (secondary N) is 1. The van der Waals surface area contributed by atoms with E-state index in [-0.39, 0.29) is 23.3 Å². The van der Waals surface area contributed by atoms with Crippen LogP contribution < -0.4 is 11.1 Å². The highest BCUT2D eigenvalue weighted by Gasteiger charge is 2.17. The monoisotopic (exact) mass is 240 g/mol. The van der Waals surface area contributed by atoms with Gasteiger partial charge in [0.25, 0.3) is 5.91 Å². The average Bonchev–Trinajstić information content (AvgIpc) is 2.27. The Labute approximate surface area is 99.6 Å². The van der Waals surface area contributed by atoms with Crippen LogP contribution in [0, 0.1) is 11.7 Å². The molecule has 1 aromatic carbocycles. The first-order valence-corrected chi connectivity index (χ1v) is 5.45. The molecule has 0 spiro atoms. The molecule has 1 amide bonds. The molecular weight excluding hydrogens is 223 g/mol. The van der Waals surface area contributed by atoms with Gasteiger partial charge in [0.15, 0.2) is 0 Å². The quantitative estimate of drug-likeness (QED) is 0.741. The Bertz CT molecular complexity index is 409. The Morgan fingerprint density at radius 2 is 2.18 bits per heavy atom. The fraction of sp³-hybridized carbons (Fsp3) is 0.417. The Hall–Kier alpha value is -1.62. The number of hydrogen-bond donors (Lipinski definition) is 3. The number of carbonyl (C=O) groups is 1. The number of benzene rings is 1. The highest BCUT2D eigenvalue weighted by molar-refractivity contribution is 5.96. The molecule has 0 saturated heterocycles. The van der Waals surface area contributed by atoms with Gasteiger partial charge in [0.1, 0.15) is 11.6 Å². The van der Waals surface area contributed by atoms with Gasteiger partial charge in [-0.1, -0.05) is 6.92 Å². The fourth-order valence-electron chi connectivity index (χ4n) is 1.33. The zero-order chi connectivity index (χ0) is 13.0. The third kappa shape index (κ3) is 3.42. The molecule has 0 heterocycles. The lowest BCUT2D eigenvalue weighted by molar-refractivity contribution is 0.0927. The van der Waals surface area contributed by atoms with Crippen molar-refractivity contribution in [1.82, 2.24) is 5.32 Å². The number of carbonyl (C=O) groups excluding carboxylic acids is 1. The molecule has 0 radical (unpaired) electrons. The number of phenols is 1. The predicted octanol–water partition coefficient (Wildman–Crippen LogP) is 1.24. The standard InChI is InChI=1S/C12H17FN2O2/c1-7(6-14)8(2)15-12(17)10-4-3-9(13)5-11(10)16/h3-5,7-8,16H,6,14H2,1-2H3,(H,15,17). The first-order valence-electron chi connectivity index (χ1n) is 5.45. The minimum Gasteiger partial charge on any atom is -0.507 e. The van der Waals surface area contributed by atoms with Gasteiger partial charge >= 0.3 is 0 Å². The molecule has 0 aliphatic rings. The smallest absolute Gasteiger partial charge is 0.255 e. The summed E-state index contributed by atoms with van der Waals surface area (Å²) in [6, 6.07) is 3.18. The van der Waals surface area contributed by atoms with Crippen LogP contribution in [-0.4, -0.2) is 23.6 Å². The second kappa shape index (κ2) is 5.63. The maximum Gasteiger partial charge on any atom is 0.255 e. The van der Waals surface area contributed by atoms with Gasteiger partial charge in [-0.05, 0) is 31.5 Å². The van der Waals surface area contributed by atoms with Crippen molar-refractivity contribution in [1.29, 1.82) is 0 Å². The Morgan fingerprint density at radius 1 is 1.53 bits per heavy atom. The molecule has 0 aliphatic heterocycles. The van der Waals surface area contributed by atoms with Gasteiger partial charge in [0.05, 0.1) is 5.56 Å². The lowest BCUT2D eigenvalue weighted by Gasteiger charge is -2.19. The minimum atomic E-state index is -0.581. The van der Waals surface area contributed by atoms with Crippen LogP contribution in [0.25, 0.3) is 0 Å². The van der Waals surface area contributed by atoms with Crippen LogP contribution in [0.2, 0.25) is 0 Å². The summed E-state index contributed by atoms with van der Waals surface area (Å²) in [6.07, 6.45) is 0. The second-order valence-electron chi connectivity index (χ2n) is 4.14. The highest BCUT2D eigenvalue weighted by Crippen LogP contribution is 2.18. The van der Waals surface area contributed by atoms with E-state index >= 15 is 0 Å². The van der Waals surface area contributed by atoms with Crippen LogP contribution in [0.5, 0.6) is 5.75 Å². The summed E-state index contributed by atoms with van der Waals surface area (Å²) in [5, 5.41) is 12.2. The normalized spacial score (nSPS) is 14.1. The summed E-state index contributed by atoms with van der Waals surface area (Å²) >= 11 is 0. The van der Waals surface area contributed by atoms with Gasteiger partial charge in [-0.2, -0.15) is 0 Å². The lowest BCUT2D eigenvalue weighted by atomic mass is 10.0. The third-order valence-electron chi connectivity index (χ3n) is 2.79. The summed E-state index contributed by atoms with van der Waals surface area (Å²) in [6.45, 7) is 4.20. The van der Waals surface area contributed by atoms with Crippen LogP contribution in [0.3, 0.4) is 0 Å². The maximum absolute atomic E-state index is 12.7. The van der Waals surface area contributed by atoms with Crippen molar-refractivity contribution in [2.24, 2.45) is 11.7 Å². The molecule has 0 aliphatic carbocycles. The molecule has 0 saturated carbocycles. The summed E-state index contributed by atoms with van der Waals surface area (Å²) in [7, 11) is 0. The number of halogens is 1. The van der Waals surface area contributed by atoms with E-state index in [0.29, 0.717) is 6.54 Å². The molecule has 0 aromatic heterocycles. The largest absolute Gasteiger partial charge is 0.507 e. The Balaban J connectivity index is 2.76. The summed E-state index contributed by atoms with van der Waals surface area (Å²) < 4.78 is 12.7. The second-order valence-corrected chi connectivity index (χ2v) is 4.14. The van der Waals surface area contributed by atoms with Crippen molar-refractivity contribution < 1.29 is 14.3 Å². The van der Waals surface area contributed by atoms with Gasteiger partial charge in [-0.15, -0.1) is 0 Å². The Kier molecular flexibility index (Phi) is 4.45. The van der Waals surface area contributed by atoms with Gasteiger partial charge < -0.3 is 16.2 Å². The van der Waals surface area contributed by atoms with E-state index in [2.05, 4.69) is 5.32 Å². The number of aromatic hydroxyl groups is 1. The van der Waals surface area contributed by atoms with E-state index in [9.17, 15) is 14.3 Å². The molecule has 0 bridgehead atoms. The van der Waals surface area contributed by atoms with Crippen molar-refractivity contribution in [3.05, 3.63) is 29.6 Å². The zero-order valence-electron chi connectivity index (χ0n) is 9.90. The molecule has 0 fully saturated rings. The fourth-order valence-corrected chi connectivity index (χ4v) is 1.33. The molecule has 94 valence electrons. The summed E-state index contributed by atoms with van der Waals surface area (Å²) in [5.74, 6) is -1.26. The van der Waals surface area contributed by atoms with Crippen molar-refractivity contribution >= 4 is 5.91 Å². The SMILES string of the molecule is CC(CN)C(C)NC(=O)c1ccc(F)cc1O. The highest BCUT2D eigenvalue weighted by atomic mass is 19.1. The van der Waals surface area contributed by atoms with Crippen molar-refractivity contribution in [2.45, 2.75) is 19.9 Å².